The van der Waals surface area contributed by atoms with Crippen LogP contribution >= 0.6 is 24.0 Å². The van der Waals surface area contributed by atoms with Crippen molar-refractivity contribution in [2.24, 2.45) is 0 Å². The summed E-state index contributed by atoms with van der Waals surface area (Å²) in [6.07, 6.45) is 2.32. The van der Waals surface area contributed by atoms with E-state index in [0.717, 1.165) is 10.9 Å². The molecular formula is C16H15N4O2S2-. The molecular weight excluding hydrogens is 344 g/mol. The second-order valence-corrected chi connectivity index (χ2v) is 6.60. The molecule has 124 valence electrons. The van der Waals surface area contributed by atoms with Gasteiger partial charge in [-0.05, 0) is 42.8 Å². The topological polar surface area (TPSA) is 86.6 Å². The van der Waals surface area contributed by atoms with Crippen LogP contribution in [0.5, 0.6) is 0 Å². The number of nitrogens with zero attached hydrogens (tertiary/aromatic N) is 3. The molecule has 0 saturated carbocycles. The highest BCUT2D eigenvalue weighted by Crippen LogP contribution is 2.24. The minimum Gasteiger partial charge on any atom is -0.548 e. The molecule has 2 heterocycles. The van der Waals surface area contributed by atoms with E-state index in [1.165, 1.54) is 4.57 Å². The lowest BCUT2D eigenvalue weighted by Gasteiger charge is -2.20. The zero-order valence-electron chi connectivity index (χ0n) is 12.9. The average molecular weight is 359 g/mol. The minimum absolute atomic E-state index is 0.246. The van der Waals surface area contributed by atoms with Crippen LogP contribution in [-0.2, 0) is 4.79 Å². The number of carboxylic acid groups (broad SMARTS) is 1. The molecule has 1 aromatic carbocycles. The zero-order valence-corrected chi connectivity index (χ0v) is 14.6. The second kappa shape index (κ2) is 7.14. The van der Waals surface area contributed by atoms with Crippen LogP contribution < -0.4 is 5.11 Å². The van der Waals surface area contributed by atoms with Crippen LogP contribution in [-0.4, -0.2) is 37.7 Å². The number of benzene rings is 1. The standard InChI is InChI=1S/C16H16N4O2S2/c1-24-9-8-13(15(21)22)20-14(18-19-16(20)23)12-7-6-10-4-2-3-5-11(10)17-12/h2-7,13H,8-9H2,1H3,(H,19,23)(H,21,22)/p-1/t13-/m1/s1. The van der Waals surface area contributed by atoms with Crippen molar-refractivity contribution in [2.75, 3.05) is 12.0 Å². The fraction of sp³-hybridized carbons (Fsp3) is 0.250. The van der Waals surface area contributed by atoms with E-state index in [1.807, 2.05) is 42.7 Å². The van der Waals surface area contributed by atoms with E-state index in [4.69, 9.17) is 12.2 Å². The van der Waals surface area contributed by atoms with Crippen molar-refractivity contribution < 1.29 is 9.90 Å². The number of hydrogen-bond acceptors (Lipinski definition) is 6. The summed E-state index contributed by atoms with van der Waals surface area (Å²) in [6, 6.07) is 10.6. The fourth-order valence-corrected chi connectivity index (χ4v) is 3.27. The van der Waals surface area contributed by atoms with Crippen LogP contribution in [0.3, 0.4) is 0 Å². The molecule has 6 nitrogen and oxygen atoms in total. The Morgan fingerprint density at radius 3 is 2.92 bits per heavy atom. The maximum absolute atomic E-state index is 11.6. The van der Waals surface area contributed by atoms with Gasteiger partial charge in [-0.15, -0.1) is 0 Å². The van der Waals surface area contributed by atoms with Gasteiger partial charge in [0.15, 0.2) is 10.6 Å². The Hall–Kier alpha value is -2.19. The molecule has 0 aliphatic carbocycles. The molecule has 8 heteroatoms. The smallest absolute Gasteiger partial charge is 0.196 e. The number of H-pyrrole nitrogens is 1. The van der Waals surface area contributed by atoms with Crippen LogP contribution in [0.1, 0.15) is 12.5 Å². The van der Waals surface area contributed by atoms with Crippen molar-refractivity contribution >= 4 is 40.9 Å². The van der Waals surface area contributed by atoms with Gasteiger partial charge in [0.05, 0.1) is 17.5 Å². The molecule has 1 atom stereocenters. The normalized spacial score (nSPS) is 12.4. The predicted molar refractivity (Wildman–Crippen MR) is 95.2 cm³/mol. The maximum atomic E-state index is 11.6. The minimum atomic E-state index is -1.18. The molecule has 0 aliphatic heterocycles. The predicted octanol–water partition coefficient (Wildman–Crippen LogP) is 2.20. The van der Waals surface area contributed by atoms with E-state index in [2.05, 4.69) is 15.2 Å². The summed E-state index contributed by atoms with van der Waals surface area (Å²) in [7, 11) is 0. The molecule has 3 aromatic rings. The van der Waals surface area contributed by atoms with E-state index in [0.29, 0.717) is 23.7 Å². The van der Waals surface area contributed by atoms with Gasteiger partial charge in [0, 0.05) is 5.39 Å². The SMILES string of the molecule is CSCC[C@H](C(=O)[O-])n1c(-c2ccc3ccccc3n2)n[nH]c1=S. The highest BCUT2D eigenvalue weighted by Gasteiger charge is 2.20. The lowest BCUT2D eigenvalue weighted by atomic mass is 10.2. The Labute approximate surface area is 147 Å². The number of pyridine rings is 1. The van der Waals surface area contributed by atoms with Crippen molar-refractivity contribution in [2.45, 2.75) is 12.5 Å². The molecule has 0 saturated heterocycles. The first-order valence-electron chi connectivity index (χ1n) is 7.34. The molecule has 2 aromatic heterocycles. The molecule has 1 N–H and O–H groups in total. The second-order valence-electron chi connectivity index (χ2n) is 5.23. The summed E-state index contributed by atoms with van der Waals surface area (Å²) in [6.45, 7) is 0. The number of hydrogen-bond donors (Lipinski definition) is 1. The number of carboxylic acids is 1. The molecule has 0 radical (unpaired) electrons. The molecule has 24 heavy (non-hydrogen) atoms. The number of thioether (sulfide) groups is 1. The van der Waals surface area contributed by atoms with Gasteiger partial charge in [-0.25, -0.2) is 4.98 Å². The number of rotatable bonds is 6. The number of carbonyl (C=O) groups is 1. The van der Waals surface area contributed by atoms with Crippen molar-refractivity contribution in [3.63, 3.8) is 0 Å². The van der Waals surface area contributed by atoms with Crippen LogP contribution in [0.15, 0.2) is 36.4 Å². The Morgan fingerprint density at radius 1 is 1.38 bits per heavy atom. The molecule has 0 bridgehead atoms. The molecule has 0 amide bonds. The van der Waals surface area contributed by atoms with Crippen LogP contribution in [0.4, 0.5) is 0 Å². The summed E-state index contributed by atoms with van der Waals surface area (Å²) in [5.41, 5.74) is 1.38. The van der Waals surface area contributed by atoms with Crippen molar-refractivity contribution in [1.29, 1.82) is 0 Å². The van der Waals surface area contributed by atoms with E-state index in [-0.39, 0.29) is 4.77 Å². The highest BCUT2D eigenvalue weighted by molar-refractivity contribution is 7.98. The third-order valence-electron chi connectivity index (χ3n) is 3.71. The Morgan fingerprint density at radius 2 is 2.17 bits per heavy atom. The van der Waals surface area contributed by atoms with Gasteiger partial charge in [0.2, 0.25) is 0 Å². The third-order valence-corrected chi connectivity index (χ3v) is 4.64. The first-order valence-corrected chi connectivity index (χ1v) is 9.15. The molecule has 0 fully saturated rings. The summed E-state index contributed by atoms with van der Waals surface area (Å²) >= 11 is 6.80. The summed E-state index contributed by atoms with van der Waals surface area (Å²) in [5.74, 6) is -0.0967. The molecule has 3 rings (SSSR count). The van der Waals surface area contributed by atoms with Crippen LogP contribution in [0.2, 0.25) is 0 Å². The lowest BCUT2D eigenvalue weighted by molar-refractivity contribution is -0.310. The third kappa shape index (κ3) is 3.20. The van der Waals surface area contributed by atoms with E-state index in [1.54, 1.807) is 11.8 Å². The van der Waals surface area contributed by atoms with Gasteiger partial charge in [0.25, 0.3) is 0 Å². The number of nitrogens with one attached hydrogen (secondary N) is 1. The van der Waals surface area contributed by atoms with E-state index >= 15 is 0 Å². The van der Waals surface area contributed by atoms with E-state index < -0.39 is 12.0 Å². The number of aliphatic carboxylic acids is 1. The summed E-state index contributed by atoms with van der Waals surface area (Å²) in [5, 5.41) is 19.5. The summed E-state index contributed by atoms with van der Waals surface area (Å²) in [4.78, 5) is 16.2. The van der Waals surface area contributed by atoms with E-state index in [9.17, 15) is 9.90 Å². The number of para-hydroxylation sites is 1. The number of carbonyl (C=O) groups excluding carboxylic acids is 1. The first kappa shape index (κ1) is 16.7. The fourth-order valence-electron chi connectivity index (χ4n) is 2.55. The number of aromatic amines is 1. The Bertz CT molecular complexity index is 935. The largest absolute Gasteiger partial charge is 0.548 e. The summed E-state index contributed by atoms with van der Waals surface area (Å²) < 4.78 is 1.73. The van der Waals surface area contributed by atoms with Crippen LogP contribution in [0.25, 0.3) is 22.4 Å². The number of fused-ring (bicyclic) bond motifs is 1. The number of aromatic nitrogens is 4. The van der Waals surface area contributed by atoms with Crippen molar-refractivity contribution in [3.05, 3.63) is 41.2 Å². The molecule has 0 spiro atoms. The highest BCUT2D eigenvalue weighted by atomic mass is 32.2. The van der Waals surface area contributed by atoms with Crippen molar-refractivity contribution in [3.8, 4) is 11.5 Å². The van der Waals surface area contributed by atoms with Gasteiger partial charge in [-0.3, -0.25) is 9.67 Å². The van der Waals surface area contributed by atoms with Gasteiger partial charge < -0.3 is 9.90 Å². The van der Waals surface area contributed by atoms with Gasteiger partial charge in [-0.2, -0.15) is 16.9 Å². The molecule has 0 unspecified atom stereocenters. The Balaban J connectivity index is 2.10. The molecule has 0 aliphatic rings. The van der Waals surface area contributed by atoms with Gasteiger partial charge in [0.1, 0.15) is 5.69 Å². The monoisotopic (exact) mass is 359 g/mol. The first-order chi connectivity index (χ1) is 11.6. The van der Waals surface area contributed by atoms with Crippen molar-refractivity contribution in [1.82, 2.24) is 19.7 Å². The van der Waals surface area contributed by atoms with Gasteiger partial charge in [-0.1, -0.05) is 24.3 Å². The zero-order chi connectivity index (χ0) is 17.1. The lowest BCUT2D eigenvalue weighted by Crippen LogP contribution is -2.34. The quantitative estimate of drug-likeness (QED) is 0.679. The maximum Gasteiger partial charge on any atom is 0.196 e. The Kier molecular flexibility index (Phi) is 4.96. The van der Waals surface area contributed by atoms with Gasteiger partial charge >= 0.3 is 0 Å². The average Bonchev–Trinajstić information content (AvgIpc) is 2.96. The van der Waals surface area contributed by atoms with Crippen LogP contribution in [0, 0.1) is 4.77 Å².